The lowest BCUT2D eigenvalue weighted by molar-refractivity contribution is 0.492. The van der Waals surface area contributed by atoms with Crippen LogP contribution in [-0.4, -0.2) is 13.7 Å². The Labute approximate surface area is 99.6 Å². The van der Waals surface area contributed by atoms with Gasteiger partial charge in [0.2, 0.25) is 0 Å². The first-order valence-electron chi connectivity index (χ1n) is 5.85. The maximum absolute atomic E-state index is 10.4. The second kappa shape index (κ2) is 7.44. The molecule has 0 spiro atoms. The van der Waals surface area contributed by atoms with Gasteiger partial charge in [0.1, 0.15) is 10.7 Å². The van der Waals surface area contributed by atoms with Crippen LogP contribution in [-0.2, 0) is 10.7 Å². The molecule has 3 heteroatoms. The maximum atomic E-state index is 10.4. The lowest BCUT2D eigenvalue weighted by Gasteiger charge is -2.14. The van der Waals surface area contributed by atoms with Gasteiger partial charge in [-0.25, -0.2) is 8.42 Å². The van der Waals surface area contributed by atoms with Crippen LogP contribution in [0.3, 0.4) is 0 Å². The van der Waals surface area contributed by atoms with E-state index in [4.69, 9.17) is 0 Å². The van der Waals surface area contributed by atoms with Crippen molar-refractivity contribution in [3.05, 3.63) is 35.9 Å². The molecule has 1 saturated carbocycles. The molecule has 16 heavy (non-hydrogen) atoms. The number of thiol groups is 1. The van der Waals surface area contributed by atoms with E-state index in [-0.39, 0.29) is 5.25 Å². The average molecular weight is 240 g/mol. The van der Waals surface area contributed by atoms with Crippen molar-refractivity contribution in [1.29, 1.82) is 0 Å². The molecule has 90 valence electrons. The predicted molar refractivity (Wildman–Crippen MR) is 68.4 cm³/mol. The zero-order valence-electron chi connectivity index (χ0n) is 9.76. The molecule has 0 N–H and O–H groups in total. The minimum absolute atomic E-state index is 0.00810. The SMILES string of the molecule is Cc1ccccc1.O=[SH](=O)C1CCCCC1. The Morgan fingerprint density at radius 3 is 1.88 bits per heavy atom. The second-order valence-corrected chi connectivity index (χ2v) is 5.53. The summed E-state index contributed by atoms with van der Waals surface area (Å²) in [6.07, 6.45) is 5.24. The van der Waals surface area contributed by atoms with Crippen LogP contribution in [0.1, 0.15) is 37.7 Å². The van der Waals surface area contributed by atoms with E-state index in [1.54, 1.807) is 0 Å². The molecule has 1 aliphatic rings. The third-order valence-electron chi connectivity index (χ3n) is 2.81. The van der Waals surface area contributed by atoms with E-state index in [1.165, 1.54) is 12.0 Å². The Bertz CT molecular complexity index is 343. The molecule has 0 bridgehead atoms. The van der Waals surface area contributed by atoms with E-state index in [0.717, 1.165) is 25.7 Å². The van der Waals surface area contributed by atoms with Gasteiger partial charge in [0.25, 0.3) is 0 Å². The maximum Gasteiger partial charge on any atom is 0.143 e. The van der Waals surface area contributed by atoms with Gasteiger partial charge in [0.15, 0.2) is 0 Å². The van der Waals surface area contributed by atoms with Crippen molar-refractivity contribution in [2.75, 3.05) is 0 Å². The Morgan fingerprint density at radius 1 is 1.00 bits per heavy atom. The summed E-state index contributed by atoms with van der Waals surface area (Å²) in [6.45, 7) is 2.08. The number of hydrogen-bond donors (Lipinski definition) is 1. The van der Waals surface area contributed by atoms with Crippen molar-refractivity contribution >= 4 is 10.7 Å². The molecule has 1 aliphatic carbocycles. The predicted octanol–water partition coefficient (Wildman–Crippen LogP) is 2.93. The summed E-state index contributed by atoms with van der Waals surface area (Å²) < 4.78 is 20.8. The first kappa shape index (κ1) is 13.2. The molecular weight excluding hydrogens is 220 g/mol. The molecule has 0 unspecified atom stereocenters. The minimum atomic E-state index is -2.12. The summed E-state index contributed by atoms with van der Waals surface area (Å²) in [4.78, 5) is 0. The molecule has 2 rings (SSSR count). The van der Waals surface area contributed by atoms with Crippen LogP contribution >= 0.6 is 0 Å². The zero-order valence-corrected chi connectivity index (χ0v) is 10.7. The fourth-order valence-electron chi connectivity index (χ4n) is 1.83. The van der Waals surface area contributed by atoms with Gasteiger partial charge in [0, 0.05) is 0 Å². The van der Waals surface area contributed by atoms with Crippen molar-refractivity contribution in [1.82, 2.24) is 0 Å². The van der Waals surface area contributed by atoms with Crippen LogP contribution in [0.4, 0.5) is 0 Å². The van der Waals surface area contributed by atoms with E-state index in [0.29, 0.717) is 0 Å². The van der Waals surface area contributed by atoms with Gasteiger partial charge < -0.3 is 0 Å². The van der Waals surface area contributed by atoms with Crippen molar-refractivity contribution in [3.63, 3.8) is 0 Å². The highest BCUT2D eigenvalue weighted by Gasteiger charge is 2.14. The minimum Gasteiger partial charge on any atom is -0.232 e. The Balaban J connectivity index is 0.000000165. The van der Waals surface area contributed by atoms with Crippen LogP contribution in [0.2, 0.25) is 0 Å². The topological polar surface area (TPSA) is 34.1 Å². The quantitative estimate of drug-likeness (QED) is 0.766. The fraction of sp³-hybridized carbons (Fsp3) is 0.538. The zero-order chi connectivity index (χ0) is 11.8. The summed E-state index contributed by atoms with van der Waals surface area (Å²) in [5.74, 6) is 0. The van der Waals surface area contributed by atoms with Gasteiger partial charge in [-0.1, -0.05) is 55.2 Å². The largest absolute Gasteiger partial charge is 0.232 e. The molecule has 0 amide bonds. The summed E-state index contributed by atoms with van der Waals surface area (Å²) >= 11 is 0. The van der Waals surface area contributed by atoms with Crippen LogP contribution in [0.5, 0.6) is 0 Å². The second-order valence-electron chi connectivity index (χ2n) is 4.23. The third-order valence-corrected chi connectivity index (χ3v) is 3.93. The van der Waals surface area contributed by atoms with Gasteiger partial charge in [-0.05, 0) is 19.8 Å². The summed E-state index contributed by atoms with van der Waals surface area (Å²) in [5.41, 5.74) is 1.32. The Hall–Kier alpha value is -0.830. The molecule has 0 heterocycles. The lowest BCUT2D eigenvalue weighted by atomic mass is 10.0. The molecule has 1 aromatic rings. The molecule has 1 aromatic carbocycles. The molecule has 1 fully saturated rings. The van der Waals surface area contributed by atoms with Crippen molar-refractivity contribution in [2.45, 2.75) is 44.3 Å². The van der Waals surface area contributed by atoms with Crippen molar-refractivity contribution in [3.8, 4) is 0 Å². The smallest absolute Gasteiger partial charge is 0.143 e. The normalized spacial score (nSPS) is 16.6. The highest BCUT2D eigenvalue weighted by Crippen LogP contribution is 2.19. The van der Waals surface area contributed by atoms with E-state index < -0.39 is 10.7 Å². The highest BCUT2D eigenvalue weighted by atomic mass is 32.2. The number of rotatable bonds is 1. The van der Waals surface area contributed by atoms with Gasteiger partial charge in [-0.3, -0.25) is 0 Å². The van der Waals surface area contributed by atoms with Gasteiger partial charge in [-0.15, -0.1) is 0 Å². The molecule has 0 aliphatic heterocycles. The van der Waals surface area contributed by atoms with E-state index >= 15 is 0 Å². The van der Waals surface area contributed by atoms with Crippen molar-refractivity contribution in [2.24, 2.45) is 0 Å². The molecular formula is C13H20O2S. The Morgan fingerprint density at radius 2 is 1.56 bits per heavy atom. The molecule has 0 aromatic heterocycles. The van der Waals surface area contributed by atoms with E-state index in [2.05, 4.69) is 19.1 Å². The van der Waals surface area contributed by atoms with Crippen LogP contribution in [0.15, 0.2) is 30.3 Å². The summed E-state index contributed by atoms with van der Waals surface area (Å²) in [5, 5.41) is 0.00810. The number of aryl methyl sites for hydroxylation is 1. The lowest BCUT2D eigenvalue weighted by Crippen LogP contribution is -2.13. The number of benzene rings is 1. The molecule has 0 atom stereocenters. The first-order chi connectivity index (χ1) is 7.70. The number of hydrogen-bond acceptors (Lipinski definition) is 2. The Kier molecular flexibility index (Phi) is 6.16. The summed E-state index contributed by atoms with van der Waals surface area (Å²) in [7, 11) is -2.12. The standard InChI is InChI=1S/C7H8.C6H12O2S/c1-7-5-3-2-4-6-7;7-9(8)6-4-2-1-3-5-6/h2-6H,1H3;6,9H,1-5H2. The van der Waals surface area contributed by atoms with Crippen LogP contribution in [0.25, 0.3) is 0 Å². The molecule has 2 nitrogen and oxygen atoms in total. The first-order valence-corrected chi connectivity index (χ1v) is 7.10. The summed E-state index contributed by atoms with van der Waals surface area (Å²) in [6, 6.07) is 10.3. The van der Waals surface area contributed by atoms with Crippen molar-refractivity contribution < 1.29 is 8.42 Å². The highest BCUT2D eigenvalue weighted by molar-refractivity contribution is 7.73. The van der Waals surface area contributed by atoms with Gasteiger partial charge >= 0.3 is 0 Å². The third kappa shape index (κ3) is 5.31. The molecule has 0 radical (unpaired) electrons. The van der Waals surface area contributed by atoms with E-state index in [9.17, 15) is 8.42 Å². The van der Waals surface area contributed by atoms with Gasteiger partial charge in [0.05, 0.1) is 5.25 Å². The molecule has 0 saturated heterocycles. The average Bonchev–Trinajstić information content (AvgIpc) is 2.32. The fourth-order valence-corrected chi connectivity index (χ4v) is 2.61. The van der Waals surface area contributed by atoms with Gasteiger partial charge in [-0.2, -0.15) is 0 Å². The monoisotopic (exact) mass is 240 g/mol. The van der Waals surface area contributed by atoms with E-state index in [1.807, 2.05) is 18.2 Å². The van der Waals surface area contributed by atoms with Crippen LogP contribution in [0, 0.1) is 6.92 Å². The van der Waals surface area contributed by atoms with Crippen LogP contribution < -0.4 is 0 Å².